The molecule has 5 heteroatoms. The first-order valence-electron chi connectivity index (χ1n) is 6.38. The number of aromatic amines is 1. The first kappa shape index (κ1) is 13.1. The Balaban J connectivity index is 1.80. The van der Waals surface area contributed by atoms with Gasteiger partial charge < -0.3 is 10.3 Å². The molecule has 0 radical (unpaired) electrons. The zero-order valence-electron chi connectivity index (χ0n) is 11.0. The second-order valence-electron chi connectivity index (χ2n) is 4.51. The fourth-order valence-electron chi connectivity index (χ4n) is 1.98. The number of carbonyl (C=O) groups is 1. The van der Waals surface area contributed by atoms with E-state index < -0.39 is 0 Å². The molecule has 21 heavy (non-hydrogen) atoms. The smallest absolute Gasteiger partial charge is 0.255 e. The van der Waals surface area contributed by atoms with Gasteiger partial charge in [-0.05, 0) is 36.4 Å². The number of nitrogens with one attached hydrogen (secondary N) is 2. The number of rotatable bonds is 3. The third-order valence-corrected chi connectivity index (χ3v) is 3.04. The highest BCUT2D eigenvalue weighted by atomic mass is 19.1. The number of hydrogen-bond donors (Lipinski definition) is 2. The molecular formula is C16H12FN3O. The normalized spacial score (nSPS) is 10.3. The van der Waals surface area contributed by atoms with Crippen molar-refractivity contribution in [1.29, 1.82) is 0 Å². The summed E-state index contributed by atoms with van der Waals surface area (Å²) < 4.78 is 12.8. The number of H-pyrrole nitrogens is 1. The van der Waals surface area contributed by atoms with Crippen molar-refractivity contribution >= 4 is 11.6 Å². The van der Waals surface area contributed by atoms with Gasteiger partial charge in [0.05, 0.1) is 18.2 Å². The lowest BCUT2D eigenvalue weighted by molar-refractivity contribution is 0.102. The van der Waals surface area contributed by atoms with Gasteiger partial charge in [0.2, 0.25) is 0 Å². The summed E-state index contributed by atoms with van der Waals surface area (Å²) in [4.78, 5) is 19.0. The molecule has 0 aliphatic rings. The first-order valence-corrected chi connectivity index (χ1v) is 6.38. The van der Waals surface area contributed by atoms with Crippen molar-refractivity contribution in [2.45, 2.75) is 0 Å². The van der Waals surface area contributed by atoms with Crippen LogP contribution < -0.4 is 5.32 Å². The highest BCUT2D eigenvalue weighted by molar-refractivity contribution is 6.04. The summed E-state index contributed by atoms with van der Waals surface area (Å²) in [5.41, 5.74) is 2.86. The Morgan fingerprint density at radius 3 is 2.67 bits per heavy atom. The number of carbonyl (C=O) groups excluding carboxylic acids is 1. The Morgan fingerprint density at radius 1 is 1.14 bits per heavy atom. The van der Waals surface area contributed by atoms with Gasteiger partial charge in [0.15, 0.2) is 0 Å². The van der Waals surface area contributed by atoms with E-state index in [0.29, 0.717) is 11.3 Å². The zero-order valence-corrected chi connectivity index (χ0v) is 11.0. The van der Waals surface area contributed by atoms with Gasteiger partial charge in [0.25, 0.3) is 5.91 Å². The van der Waals surface area contributed by atoms with E-state index in [1.54, 1.807) is 18.6 Å². The van der Waals surface area contributed by atoms with Crippen LogP contribution in [0.25, 0.3) is 11.3 Å². The predicted octanol–water partition coefficient (Wildman–Crippen LogP) is 3.47. The largest absolute Gasteiger partial charge is 0.345 e. The minimum absolute atomic E-state index is 0.281. The molecule has 0 aliphatic heterocycles. The standard InChI is InChI=1S/C16H12FN3O/c17-13-6-4-11(5-7-13)16(21)20-14-3-1-2-12(8-14)15-9-18-10-19-15/h1-10H,(H,18,19)(H,20,21). The molecule has 3 aromatic rings. The van der Waals surface area contributed by atoms with Crippen LogP contribution in [0.3, 0.4) is 0 Å². The Bertz CT molecular complexity index is 751. The van der Waals surface area contributed by atoms with Crippen LogP contribution in [0.5, 0.6) is 0 Å². The highest BCUT2D eigenvalue weighted by Gasteiger charge is 2.07. The minimum Gasteiger partial charge on any atom is -0.345 e. The third kappa shape index (κ3) is 2.97. The molecule has 0 atom stereocenters. The second-order valence-corrected chi connectivity index (χ2v) is 4.51. The average Bonchev–Trinajstić information content (AvgIpc) is 3.02. The van der Waals surface area contributed by atoms with Gasteiger partial charge in [-0.1, -0.05) is 12.1 Å². The van der Waals surface area contributed by atoms with Crippen molar-refractivity contribution in [2.24, 2.45) is 0 Å². The lowest BCUT2D eigenvalue weighted by Gasteiger charge is -2.07. The van der Waals surface area contributed by atoms with E-state index in [9.17, 15) is 9.18 Å². The van der Waals surface area contributed by atoms with E-state index in [1.165, 1.54) is 24.3 Å². The molecule has 2 N–H and O–H groups in total. The summed E-state index contributed by atoms with van der Waals surface area (Å²) in [6, 6.07) is 12.8. The minimum atomic E-state index is -0.368. The summed E-state index contributed by atoms with van der Waals surface area (Å²) in [6.07, 6.45) is 3.31. The van der Waals surface area contributed by atoms with Crippen molar-refractivity contribution in [1.82, 2.24) is 9.97 Å². The molecule has 3 rings (SSSR count). The van der Waals surface area contributed by atoms with Crippen LogP contribution in [-0.4, -0.2) is 15.9 Å². The maximum Gasteiger partial charge on any atom is 0.255 e. The number of nitrogens with zero attached hydrogens (tertiary/aromatic N) is 1. The summed E-state index contributed by atoms with van der Waals surface area (Å²) in [5, 5.41) is 2.78. The average molecular weight is 281 g/mol. The molecule has 1 aromatic heterocycles. The van der Waals surface area contributed by atoms with E-state index in [4.69, 9.17) is 0 Å². The Kier molecular flexibility index (Phi) is 3.47. The van der Waals surface area contributed by atoms with Crippen LogP contribution >= 0.6 is 0 Å². The molecule has 2 aromatic carbocycles. The van der Waals surface area contributed by atoms with E-state index in [-0.39, 0.29) is 11.7 Å². The second kappa shape index (κ2) is 5.58. The first-order chi connectivity index (χ1) is 10.2. The summed E-state index contributed by atoms with van der Waals surface area (Å²) in [6.45, 7) is 0. The number of hydrogen-bond acceptors (Lipinski definition) is 2. The van der Waals surface area contributed by atoms with E-state index in [0.717, 1.165) is 11.3 Å². The molecule has 104 valence electrons. The van der Waals surface area contributed by atoms with Gasteiger partial charge in [-0.2, -0.15) is 0 Å². The molecule has 0 spiro atoms. The maximum absolute atomic E-state index is 12.8. The lowest BCUT2D eigenvalue weighted by atomic mass is 10.1. The Labute approximate surface area is 120 Å². The summed E-state index contributed by atoms with van der Waals surface area (Å²) >= 11 is 0. The molecule has 0 bridgehead atoms. The van der Waals surface area contributed by atoms with Crippen LogP contribution in [0.1, 0.15) is 10.4 Å². The van der Waals surface area contributed by atoms with Crippen LogP contribution in [0.2, 0.25) is 0 Å². The summed E-state index contributed by atoms with van der Waals surface area (Å²) in [5.74, 6) is -0.649. The number of imidazole rings is 1. The lowest BCUT2D eigenvalue weighted by Crippen LogP contribution is -2.11. The van der Waals surface area contributed by atoms with Gasteiger partial charge in [-0.25, -0.2) is 9.37 Å². The highest BCUT2D eigenvalue weighted by Crippen LogP contribution is 2.20. The van der Waals surface area contributed by atoms with Crippen molar-refractivity contribution < 1.29 is 9.18 Å². The molecule has 0 unspecified atom stereocenters. The Hall–Kier alpha value is -2.95. The quantitative estimate of drug-likeness (QED) is 0.772. The number of benzene rings is 2. The fraction of sp³-hybridized carbons (Fsp3) is 0. The maximum atomic E-state index is 12.8. The van der Waals surface area contributed by atoms with Crippen molar-refractivity contribution in [3.63, 3.8) is 0 Å². The van der Waals surface area contributed by atoms with Crippen molar-refractivity contribution in [3.05, 3.63) is 72.4 Å². The molecule has 0 saturated carbocycles. The van der Waals surface area contributed by atoms with E-state index in [2.05, 4.69) is 15.3 Å². The van der Waals surface area contributed by atoms with Gasteiger partial charge >= 0.3 is 0 Å². The number of anilines is 1. The zero-order chi connectivity index (χ0) is 14.7. The molecule has 1 amide bonds. The predicted molar refractivity (Wildman–Crippen MR) is 78.4 cm³/mol. The van der Waals surface area contributed by atoms with E-state index in [1.807, 2.05) is 18.2 Å². The number of amides is 1. The van der Waals surface area contributed by atoms with Crippen LogP contribution in [-0.2, 0) is 0 Å². The SMILES string of the molecule is O=C(Nc1cccc(-c2cnc[nH]2)c1)c1ccc(F)cc1. The summed E-state index contributed by atoms with van der Waals surface area (Å²) in [7, 11) is 0. The van der Waals surface area contributed by atoms with Gasteiger partial charge in [0.1, 0.15) is 5.82 Å². The van der Waals surface area contributed by atoms with Crippen molar-refractivity contribution in [3.8, 4) is 11.3 Å². The van der Waals surface area contributed by atoms with Gasteiger partial charge in [-0.15, -0.1) is 0 Å². The third-order valence-electron chi connectivity index (χ3n) is 3.04. The number of halogens is 1. The molecule has 0 saturated heterocycles. The van der Waals surface area contributed by atoms with Gasteiger partial charge in [-0.3, -0.25) is 4.79 Å². The monoisotopic (exact) mass is 281 g/mol. The molecule has 4 nitrogen and oxygen atoms in total. The molecule has 1 heterocycles. The topological polar surface area (TPSA) is 57.8 Å². The van der Waals surface area contributed by atoms with Crippen molar-refractivity contribution in [2.75, 3.05) is 5.32 Å². The fourth-order valence-corrected chi connectivity index (χ4v) is 1.98. The Morgan fingerprint density at radius 2 is 1.95 bits per heavy atom. The van der Waals surface area contributed by atoms with Crippen LogP contribution in [0.15, 0.2) is 61.1 Å². The van der Waals surface area contributed by atoms with E-state index >= 15 is 0 Å². The number of aromatic nitrogens is 2. The molecular weight excluding hydrogens is 269 g/mol. The van der Waals surface area contributed by atoms with Gasteiger partial charge in [0, 0.05) is 16.8 Å². The molecule has 0 fully saturated rings. The van der Waals surface area contributed by atoms with Crippen LogP contribution in [0.4, 0.5) is 10.1 Å². The van der Waals surface area contributed by atoms with Crippen LogP contribution in [0, 0.1) is 5.82 Å². The molecule has 0 aliphatic carbocycles.